The second kappa shape index (κ2) is 6.72. The van der Waals surface area contributed by atoms with E-state index in [1.165, 1.54) is 10.9 Å². The number of aryl methyl sites for hydroxylation is 2. The quantitative estimate of drug-likeness (QED) is 0.646. The van der Waals surface area contributed by atoms with Crippen LogP contribution in [0.1, 0.15) is 11.1 Å². The Balaban J connectivity index is 1.86. The first-order valence-electron chi connectivity index (χ1n) is 7.46. The average Bonchev–Trinajstić information content (AvgIpc) is 2.53. The van der Waals surface area contributed by atoms with Gasteiger partial charge in [-0.05, 0) is 71.8 Å². The van der Waals surface area contributed by atoms with Gasteiger partial charge < -0.3 is 5.32 Å². The van der Waals surface area contributed by atoms with E-state index in [1.54, 1.807) is 6.07 Å². The summed E-state index contributed by atoms with van der Waals surface area (Å²) in [6, 6.07) is 11.2. The lowest BCUT2D eigenvalue weighted by molar-refractivity contribution is -0.116. The zero-order valence-corrected chi connectivity index (χ0v) is 15.5. The van der Waals surface area contributed by atoms with E-state index in [9.17, 15) is 9.59 Å². The van der Waals surface area contributed by atoms with Crippen molar-refractivity contribution in [2.45, 2.75) is 20.4 Å². The van der Waals surface area contributed by atoms with Crippen LogP contribution >= 0.6 is 22.6 Å². The second-order valence-corrected chi connectivity index (χ2v) is 6.90. The highest BCUT2D eigenvalue weighted by Crippen LogP contribution is 2.17. The fraction of sp³-hybridized carbons (Fsp3) is 0.167. The van der Waals surface area contributed by atoms with E-state index in [4.69, 9.17) is 0 Å². The third-order valence-electron chi connectivity index (χ3n) is 3.83. The fourth-order valence-corrected chi connectivity index (χ4v) is 3.21. The topological polar surface area (TPSA) is 64.0 Å². The number of aromatic nitrogens is 2. The molecular formula is C18H16IN3O2. The van der Waals surface area contributed by atoms with Crippen molar-refractivity contribution in [1.82, 2.24) is 9.55 Å². The second-order valence-electron chi connectivity index (χ2n) is 5.66. The molecule has 0 spiro atoms. The van der Waals surface area contributed by atoms with E-state index in [-0.39, 0.29) is 18.0 Å². The van der Waals surface area contributed by atoms with Crippen LogP contribution in [-0.4, -0.2) is 15.5 Å². The fourth-order valence-electron chi connectivity index (χ4n) is 2.56. The number of nitrogens with zero attached hydrogens (tertiary/aromatic N) is 2. The van der Waals surface area contributed by atoms with Crippen molar-refractivity contribution < 1.29 is 4.79 Å². The van der Waals surface area contributed by atoms with Crippen molar-refractivity contribution in [3.63, 3.8) is 0 Å². The van der Waals surface area contributed by atoms with Gasteiger partial charge in [0, 0.05) is 9.26 Å². The van der Waals surface area contributed by atoms with Gasteiger partial charge in [-0.2, -0.15) is 0 Å². The summed E-state index contributed by atoms with van der Waals surface area (Å²) in [6.07, 6.45) is 1.43. The van der Waals surface area contributed by atoms with Crippen molar-refractivity contribution in [3.05, 3.63) is 67.8 Å². The van der Waals surface area contributed by atoms with E-state index in [0.717, 1.165) is 20.4 Å². The maximum Gasteiger partial charge on any atom is 0.261 e. The first-order valence-corrected chi connectivity index (χ1v) is 8.54. The van der Waals surface area contributed by atoms with Gasteiger partial charge in [0.1, 0.15) is 6.54 Å². The van der Waals surface area contributed by atoms with Crippen LogP contribution in [0.3, 0.4) is 0 Å². The largest absolute Gasteiger partial charge is 0.324 e. The third-order valence-corrected chi connectivity index (χ3v) is 4.50. The summed E-state index contributed by atoms with van der Waals surface area (Å²) in [5.41, 5.74) is 3.13. The SMILES string of the molecule is Cc1cc(I)ccc1NC(=O)Cn1cnc2c(C)cccc2c1=O. The Hall–Kier alpha value is -2.22. The van der Waals surface area contributed by atoms with Crippen LogP contribution in [0.15, 0.2) is 47.5 Å². The third kappa shape index (κ3) is 3.33. The van der Waals surface area contributed by atoms with Gasteiger partial charge in [0.05, 0.1) is 17.2 Å². The number of carbonyl (C=O) groups excluding carboxylic acids is 1. The van der Waals surface area contributed by atoms with Gasteiger partial charge in [-0.1, -0.05) is 12.1 Å². The number of fused-ring (bicyclic) bond motifs is 1. The number of rotatable bonds is 3. The standard InChI is InChI=1S/C18H16IN3O2/c1-11-4-3-5-14-17(11)20-10-22(18(14)24)9-16(23)21-15-7-6-13(19)8-12(15)2/h3-8,10H,9H2,1-2H3,(H,21,23). The van der Waals surface area contributed by atoms with Crippen molar-refractivity contribution in [3.8, 4) is 0 Å². The molecule has 2 aromatic carbocycles. The predicted molar refractivity (Wildman–Crippen MR) is 103 cm³/mol. The minimum atomic E-state index is -0.254. The Labute approximate surface area is 152 Å². The molecule has 0 saturated carbocycles. The van der Waals surface area contributed by atoms with E-state index in [0.29, 0.717) is 10.9 Å². The van der Waals surface area contributed by atoms with Crippen LogP contribution in [0.2, 0.25) is 0 Å². The predicted octanol–water partition coefficient (Wildman–Crippen LogP) is 3.26. The Kier molecular flexibility index (Phi) is 4.66. The highest BCUT2D eigenvalue weighted by Gasteiger charge is 2.10. The summed E-state index contributed by atoms with van der Waals surface area (Å²) >= 11 is 2.22. The number of hydrogen-bond acceptors (Lipinski definition) is 3. The number of halogens is 1. The Morgan fingerprint density at radius 3 is 2.75 bits per heavy atom. The van der Waals surface area contributed by atoms with Crippen molar-refractivity contribution in [2.75, 3.05) is 5.32 Å². The molecule has 3 rings (SSSR count). The maximum absolute atomic E-state index is 12.5. The zero-order valence-electron chi connectivity index (χ0n) is 13.3. The van der Waals surface area contributed by atoms with Crippen molar-refractivity contribution in [2.24, 2.45) is 0 Å². The van der Waals surface area contributed by atoms with E-state index in [1.807, 2.05) is 44.2 Å². The van der Waals surface area contributed by atoms with Gasteiger partial charge in [0.15, 0.2) is 0 Å². The molecule has 0 radical (unpaired) electrons. The van der Waals surface area contributed by atoms with Crippen molar-refractivity contribution in [1.29, 1.82) is 0 Å². The molecule has 0 aliphatic rings. The lowest BCUT2D eigenvalue weighted by Crippen LogP contribution is -2.28. The first-order chi connectivity index (χ1) is 11.5. The molecule has 5 nitrogen and oxygen atoms in total. The normalized spacial score (nSPS) is 10.8. The van der Waals surface area contributed by atoms with Gasteiger partial charge >= 0.3 is 0 Å². The van der Waals surface area contributed by atoms with Crippen molar-refractivity contribution >= 4 is 45.1 Å². The molecule has 3 aromatic rings. The number of amides is 1. The molecule has 0 atom stereocenters. The monoisotopic (exact) mass is 433 g/mol. The number of carbonyl (C=O) groups is 1. The number of benzene rings is 2. The Morgan fingerprint density at radius 1 is 1.21 bits per heavy atom. The highest BCUT2D eigenvalue weighted by molar-refractivity contribution is 14.1. The molecule has 122 valence electrons. The lowest BCUT2D eigenvalue weighted by Gasteiger charge is -2.10. The van der Waals surface area contributed by atoms with Gasteiger partial charge in [0.2, 0.25) is 5.91 Å². The molecule has 24 heavy (non-hydrogen) atoms. The molecule has 0 saturated heterocycles. The van der Waals surface area contributed by atoms with Crippen LogP contribution in [0.5, 0.6) is 0 Å². The van der Waals surface area contributed by atoms with E-state index >= 15 is 0 Å². The maximum atomic E-state index is 12.5. The summed E-state index contributed by atoms with van der Waals surface area (Å²) in [6.45, 7) is 3.77. The molecule has 0 fully saturated rings. The molecule has 0 bridgehead atoms. The zero-order chi connectivity index (χ0) is 17.3. The molecule has 1 heterocycles. The van der Waals surface area contributed by atoms with Gasteiger partial charge in [-0.25, -0.2) is 4.98 Å². The van der Waals surface area contributed by atoms with Crippen LogP contribution < -0.4 is 10.9 Å². The Morgan fingerprint density at radius 2 is 2.00 bits per heavy atom. The molecule has 1 aromatic heterocycles. The molecule has 0 aliphatic heterocycles. The van der Waals surface area contributed by atoms with E-state index in [2.05, 4.69) is 32.9 Å². The Bertz CT molecular complexity index is 995. The summed E-state index contributed by atoms with van der Waals surface area (Å²) in [7, 11) is 0. The summed E-state index contributed by atoms with van der Waals surface area (Å²) in [5.74, 6) is -0.254. The minimum Gasteiger partial charge on any atom is -0.324 e. The van der Waals surface area contributed by atoms with Crippen LogP contribution in [0.4, 0.5) is 5.69 Å². The number of para-hydroxylation sites is 1. The van der Waals surface area contributed by atoms with Crippen LogP contribution in [0.25, 0.3) is 10.9 Å². The minimum absolute atomic E-state index is 0.0683. The van der Waals surface area contributed by atoms with Gasteiger partial charge in [-0.15, -0.1) is 0 Å². The molecule has 1 N–H and O–H groups in total. The number of anilines is 1. The average molecular weight is 433 g/mol. The molecular weight excluding hydrogens is 417 g/mol. The smallest absolute Gasteiger partial charge is 0.261 e. The first kappa shape index (κ1) is 16.6. The highest BCUT2D eigenvalue weighted by atomic mass is 127. The summed E-state index contributed by atoms with van der Waals surface area (Å²) in [4.78, 5) is 29.1. The molecule has 0 aliphatic carbocycles. The van der Waals surface area contributed by atoms with E-state index < -0.39 is 0 Å². The summed E-state index contributed by atoms with van der Waals surface area (Å²) in [5, 5.41) is 3.37. The number of hydrogen-bond donors (Lipinski definition) is 1. The summed E-state index contributed by atoms with van der Waals surface area (Å²) < 4.78 is 2.44. The molecule has 1 amide bonds. The number of nitrogens with one attached hydrogen (secondary N) is 1. The van der Waals surface area contributed by atoms with Crippen LogP contribution in [0, 0.1) is 17.4 Å². The van der Waals surface area contributed by atoms with Gasteiger partial charge in [0.25, 0.3) is 5.56 Å². The van der Waals surface area contributed by atoms with Crippen LogP contribution in [-0.2, 0) is 11.3 Å². The van der Waals surface area contributed by atoms with Gasteiger partial charge in [-0.3, -0.25) is 14.2 Å². The lowest BCUT2D eigenvalue weighted by atomic mass is 10.1. The molecule has 0 unspecified atom stereocenters. The molecule has 6 heteroatoms.